The van der Waals surface area contributed by atoms with Gasteiger partial charge in [0.1, 0.15) is 5.82 Å². The molecule has 0 unspecified atom stereocenters. The number of carbonyl (C=O) groups excluding carboxylic acids is 1. The molecule has 0 bridgehead atoms. The zero-order valence-electron chi connectivity index (χ0n) is 13.9. The Morgan fingerprint density at radius 1 is 1.38 bits per heavy atom. The van der Waals surface area contributed by atoms with E-state index in [4.69, 9.17) is 4.74 Å². The zero-order valence-corrected chi connectivity index (χ0v) is 13.9. The quantitative estimate of drug-likeness (QED) is 0.899. The summed E-state index contributed by atoms with van der Waals surface area (Å²) in [6, 6.07) is 6.14. The van der Waals surface area contributed by atoms with Crippen molar-refractivity contribution in [3.63, 3.8) is 0 Å². The van der Waals surface area contributed by atoms with Crippen LogP contribution in [0.1, 0.15) is 11.6 Å². The van der Waals surface area contributed by atoms with E-state index in [-0.39, 0.29) is 24.1 Å². The lowest BCUT2D eigenvalue weighted by Gasteiger charge is -2.35. The van der Waals surface area contributed by atoms with Crippen molar-refractivity contribution in [2.75, 3.05) is 25.1 Å². The molecular weight excluding hydrogens is 353 g/mol. The summed E-state index contributed by atoms with van der Waals surface area (Å²) in [6.45, 7) is -2.05. The van der Waals surface area contributed by atoms with Crippen LogP contribution in [0.5, 0.6) is 5.88 Å². The number of urea groups is 1. The highest BCUT2D eigenvalue weighted by Gasteiger charge is 2.29. The number of halogens is 3. The number of alkyl halides is 2. The van der Waals surface area contributed by atoms with Crippen LogP contribution in [-0.4, -0.2) is 47.1 Å². The Balaban J connectivity index is 1.73. The van der Waals surface area contributed by atoms with Gasteiger partial charge in [-0.1, -0.05) is 12.1 Å². The first kappa shape index (κ1) is 18.1. The Hall–Kier alpha value is -2.75. The van der Waals surface area contributed by atoms with E-state index in [2.05, 4.69) is 15.2 Å². The molecule has 3 rings (SSSR count). The molecular formula is C16H17F3N4O3. The van der Waals surface area contributed by atoms with Gasteiger partial charge < -0.3 is 14.4 Å². The Morgan fingerprint density at radius 3 is 2.81 bits per heavy atom. The molecule has 0 saturated carbocycles. The number of carbonyl (C=O) groups is 1. The number of nitrogens with one attached hydrogen (secondary N) is 1. The molecule has 7 nitrogen and oxygen atoms in total. The maximum Gasteiger partial charge on any atom is 0.388 e. The van der Waals surface area contributed by atoms with Crippen LogP contribution in [0, 0.1) is 5.82 Å². The van der Waals surface area contributed by atoms with Gasteiger partial charge in [0, 0.05) is 19.7 Å². The molecule has 1 fully saturated rings. The van der Waals surface area contributed by atoms with Crippen molar-refractivity contribution < 1.29 is 27.4 Å². The normalized spacial score (nSPS) is 17.4. The molecule has 140 valence electrons. The summed E-state index contributed by atoms with van der Waals surface area (Å²) in [5, 5.41) is 6.48. The van der Waals surface area contributed by atoms with Gasteiger partial charge in [-0.2, -0.15) is 13.9 Å². The van der Waals surface area contributed by atoms with Crippen molar-refractivity contribution in [3.8, 4) is 5.88 Å². The topological polar surface area (TPSA) is 68.6 Å². The van der Waals surface area contributed by atoms with Crippen molar-refractivity contribution in [1.29, 1.82) is 0 Å². The van der Waals surface area contributed by atoms with Crippen LogP contribution in [0.4, 0.5) is 23.8 Å². The number of rotatable bonds is 4. The first-order valence-corrected chi connectivity index (χ1v) is 7.83. The van der Waals surface area contributed by atoms with Gasteiger partial charge in [-0.25, -0.2) is 13.9 Å². The Kier molecular flexibility index (Phi) is 5.31. The molecule has 0 radical (unpaired) electrons. The van der Waals surface area contributed by atoms with Crippen molar-refractivity contribution in [3.05, 3.63) is 41.7 Å². The summed E-state index contributed by atoms with van der Waals surface area (Å²) in [5.41, 5.74) is 0.726. The highest BCUT2D eigenvalue weighted by Crippen LogP contribution is 2.26. The number of hydrogen-bond donors (Lipinski definition) is 1. The van der Waals surface area contributed by atoms with E-state index in [0.29, 0.717) is 13.2 Å². The molecule has 1 aliphatic heterocycles. The lowest BCUT2D eigenvalue weighted by molar-refractivity contribution is -0.0553. The molecule has 26 heavy (non-hydrogen) atoms. The third-order valence-electron chi connectivity index (χ3n) is 3.93. The second-order valence-electron chi connectivity index (χ2n) is 5.64. The number of benzene rings is 1. The van der Waals surface area contributed by atoms with E-state index in [1.165, 1.54) is 30.1 Å². The summed E-state index contributed by atoms with van der Waals surface area (Å²) in [4.78, 5) is 14.1. The number of nitrogens with zero attached hydrogens (tertiary/aromatic N) is 3. The van der Waals surface area contributed by atoms with Gasteiger partial charge in [0.15, 0.2) is 5.82 Å². The Labute approximate surface area is 147 Å². The molecule has 1 atom stereocenters. The first-order valence-electron chi connectivity index (χ1n) is 7.83. The minimum Gasteiger partial charge on any atom is -0.417 e. The molecule has 2 aromatic rings. The first-order chi connectivity index (χ1) is 12.4. The van der Waals surface area contributed by atoms with Crippen molar-refractivity contribution in [2.24, 2.45) is 7.05 Å². The number of ether oxygens (including phenoxy) is 2. The molecule has 0 spiro atoms. The summed E-state index contributed by atoms with van der Waals surface area (Å²) >= 11 is 0. The fourth-order valence-corrected chi connectivity index (χ4v) is 2.70. The predicted octanol–water partition coefficient (Wildman–Crippen LogP) is 2.77. The van der Waals surface area contributed by atoms with E-state index in [0.717, 1.165) is 10.2 Å². The largest absolute Gasteiger partial charge is 0.417 e. The number of morpholine rings is 1. The molecule has 0 aliphatic carbocycles. The monoisotopic (exact) mass is 370 g/mol. The van der Waals surface area contributed by atoms with E-state index in [1.54, 1.807) is 12.1 Å². The molecule has 1 saturated heterocycles. The van der Waals surface area contributed by atoms with Gasteiger partial charge >= 0.3 is 12.6 Å². The van der Waals surface area contributed by atoms with Crippen LogP contribution >= 0.6 is 0 Å². The maximum atomic E-state index is 13.1. The molecule has 2 amide bonds. The number of aryl methyl sites for hydroxylation is 1. The minimum absolute atomic E-state index is 0.0810. The fourth-order valence-electron chi connectivity index (χ4n) is 2.70. The van der Waals surface area contributed by atoms with Crippen LogP contribution < -0.4 is 10.1 Å². The molecule has 10 heteroatoms. The average Bonchev–Trinajstić information content (AvgIpc) is 2.94. The van der Waals surface area contributed by atoms with Crippen molar-refractivity contribution >= 4 is 11.8 Å². The molecule has 1 aliphatic rings. The Bertz CT molecular complexity index is 767. The van der Waals surface area contributed by atoms with E-state index in [1.807, 2.05) is 0 Å². The summed E-state index contributed by atoms with van der Waals surface area (Å²) in [5.74, 6) is -0.466. The zero-order chi connectivity index (χ0) is 18.7. The minimum atomic E-state index is -2.99. The smallest absolute Gasteiger partial charge is 0.388 e. The van der Waals surface area contributed by atoms with Crippen LogP contribution in [0.25, 0.3) is 0 Å². The number of hydrogen-bond acceptors (Lipinski definition) is 4. The van der Waals surface area contributed by atoms with E-state index in [9.17, 15) is 18.0 Å². The molecule has 1 aromatic heterocycles. The van der Waals surface area contributed by atoms with Crippen LogP contribution in [0.15, 0.2) is 30.3 Å². The van der Waals surface area contributed by atoms with Gasteiger partial charge in [-0.05, 0) is 17.7 Å². The molecule has 1 aromatic carbocycles. The van der Waals surface area contributed by atoms with Crippen LogP contribution in [-0.2, 0) is 11.8 Å². The second kappa shape index (κ2) is 7.65. The average molecular weight is 370 g/mol. The second-order valence-corrected chi connectivity index (χ2v) is 5.64. The van der Waals surface area contributed by atoms with Gasteiger partial charge in [0.05, 0.1) is 19.3 Å². The third-order valence-corrected chi connectivity index (χ3v) is 3.93. The SMILES string of the molecule is Cn1nc(NC(=O)N2CCOC[C@@H]2c2ccc(F)cc2)cc1OC(F)F. The number of anilines is 1. The summed E-state index contributed by atoms with van der Waals surface area (Å²) in [6.07, 6.45) is 0. The van der Waals surface area contributed by atoms with Crippen LogP contribution in [0.2, 0.25) is 0 Å². The predicted molar refractivity (Wildman–Crippen MR) is 85.5 cm³/mol. The van der Waals surface area contributed by atoms with E-state index >= 15 is 0 Å². The lowest BCUT2D eigenvalue weighted by Crippen LogP contribution is -2.45. The number of amides is 2. The number of aromatic nitrogens is 2. The highest BCUT2D eigenvalue weighted by molar-refractivity contribution is 5.88. The van der Waals surface area contributed by atoms with Gasteiger partial charge in [0.25, 0.3) is 0 Å². The Morgan fingerprint density at radius 2 is 2.12 bits per heavy atom. The van der Waals surface area contributed by atoms with Gasteiger partial charge in [-0.15, -0.1) is 0 Å². The highest BCUT2D eigenvalue weighted by atomic mass is 19.3. The standard InChI is InChI=1S/C16H17F3N4O3/c1-22-14(26-15(18)19)8-13(21-22)20-16(24)23-6-7-25-9-12(23)10-2-4-11(17)5-3-10/h2-5,8,12,15H,6-7,9H2,1H3,(H,20,21,24)/t12-/m1/s1. The summed E-state index contributed by atoms with van der Waals surface area (Å²) < 4.78 is 48.6. The van der Waals surface area contributed by atoms with Crippen LogP contribution in [0.3, 0.4) is 0 Å². The van der Waals surface area contributed by atoms with Gasteiger partial charge in [-0.3, -0.25) is 5.32 Å². The summed E-state index contributed by atoms with van der Waals surface area (Å²) in [7, 11) is 1.42. The van der Waals surface area contributed by atoms with Gasteiger partial charge in [0.2, 0.25) is 5.88 Å². The molecule has 1 N–H and O–H groups in total. The fraction of sp³-hybridized carbons (Fsp3) is 0.375. The van der Waals surface area contributed by atoms with E-state index < -0.39 is 18.7 Å². The maximum absolute atomic E-state index is 13.1. The molecule has 2 heterocycles. The van der Waals surface area contributed by atoms with Crippen molar-refractivity contribution in [2.45, 2.75) is 12.7 Å². The third kappa shape index (κ3) is 4.07. The lowest BCUT2D eigenvalue weighted by atomic mass is 10.1. The van der Waals surface area contributed by atoms with Crippen molar-refractivity contribution in [1.82, 2.24) is 14.7 Å².